The van der Waals surface area contributed by atoms with Gasteiger partial charge in [0.15, 0.2) is 5.69 Å². The Hall–Kier alpha value is -3.43. The van der Waals surface area contributed by atoms with Gasteiger partial charge in [0.05, 0.1) is 17.0 Å². The highest BCUT2D eigenvalue weighted by molar-refractivity contribution is 6.04. The summed E-state index contributed by atoms with van der Waals surface area (Å²) in [5, 5.41) is 5.34. The molecule has 2 aromatic heterocycles. The number of fused-ring (bicyclic) bond motifs is 1. The molecule has 0 radical (unpaired) electrons. The molecule has 10 heteroatoms. The molecule has 1 aromatic carbocycles. The minimum Gasteiger partial charge on any atom is -0.355 e. The van der Waals surface area contributed by atoms with Gasteiger partial charge in [-0.15, -0.1) is 0 Å². The second kappa shape index (κ2) is 8.84. The number of benzene rings is 1. The number of carbonyl (C=O) groups excluding carboxylic acids is 1. The van der Waals surface area contributed by atoms with Crippen LogP contribution in [0.1, 0.15) is 42.4 Å². The Labute approximate surface area is 188 Å². The van der Waals surface area contributed by atoms with Crippen LogP contribution < -0.4 is 10.5 Å². The van der Waals surface area contributed by atoms with E-state index in [2.05, 4.69) is 10.1 Å². The molecule has 33 heavy (non-hydrogen) atoms. The number of carbonyl (C=O) groups is 1. The Morgan fingerprint density at radius 2 is 1.73 bits per heavy atom. The molecule has 7 nitrogen and oxygen atoms in total. The van der Waals surface area contributed by atoms with E-state index < -0.39 is 11.7 Å². The summed E-state index contributed by atoms with van der Waals surface area (Å²) < 4.78 is 39.8. The van der Waals surface area contributed by atoms with Gasteiger partial charge in [-0.05, 0) is 38.5 Å². The third kappa shape index (κ3) is 4.55. The number of anilines is 1. The maximum atomic E-state index is 13.4. The van der Waals surface area contributed by atoms with Crippen molar-refractivity contribution in [2.45, 2.75) is 32.5 Å². The lowest BCUT2D eigenvalue weighted by atomic mass is 10.1. The van der Waals surface area contributed by atoms with Gasteiger partial charge in [0.2, 0.25) is 0 Å². The van der Waals surface area contributed by atoms with E-state index in [0.717, 1.165) is 12.3 Å². The monoisotopic (exact) mass is 459 g/mol. The second-order valence-electron chi connectivity index (χ2n) is 8.27. The van der Waals surface area contributed by atoms with Gasteiger partial charge in [0.1, 0.15) is 5.82 Å². The zero-order chi connectivity index (χ0) is 23.8. The summed E-state index contributed by atoms with van der Waals surface area (Å²) in [7, 11) is 0. The van der Waals surface area contributed by atoms with Crippen LogP contribution in [0.5, 0.6) is 0 Å². The maximum Gasteiger partial charge on any atom is 0.417 e. The zero-order valence-electron chi connectivity index (χ0n) is 18.3. The Balaban J connectivity index is 1.58. The van der Waals surface area contributed by atoms with E-state index in [9.17, 15) is 22.8 Å². The molecule has 174 valence electrons. The number of rotatable bonds is 3. The third-order valence-electron chi connectivity index (χ3n) is 5.70. The number of pyridine rings is 1. The number of hydrogen-bond acceptors (Lipinski definition) is 5. The third-order valence-corrected chi connectivity index (χ3v) is 5.70. The van der Waals surface area contributed by atoms with Crippen LogP contribution in [0.15, 0.2) is 47.4 Å². The van der Waals surface area contributed by atoms with E-state index in [1.165, 1.54) is 10.7 Å². The summed E-state index contributed by atoms with van der Waals surface area (Å²) in [6, 6.07) is 9.09. The van der Waals surface area contributed by atoms with Crippen molar-refractivity contribution in [3.8, 4) is 0 Å². The molecule has 0 N–H and O–H groups in total. The van der Waals surface area contributed by atoms with Crippen LogP contribution in [0.3, 0.4) is 0 Å². The summed E-state index contributed by atoms with van der Waals surface area (Å²) in [4.78, 5) is 33.7. The maximum absolute atomic E-state index is 13.4. The van der Waals surface area contributed by atoms with Crippen LogP contribution in [0, 0.1) is 0 Å². The van der Waals surface area contributed by atoms with E-state index in [1.54, 1.807) is 29.2 Å². The first kappa shape index (κ1) is 22.8. The Kier molecular flexibility index (Phi) is 6.09. The number of nitrogens with zero attached hydrogens (tertiary/aromatic N) is 5. The Bertz CT molecular complexity index is 1220. The number of aromatic nitrogens is 3. The lowest BCUT2D eigenvalue weighted by Crippen LogP contribution is -2.37. The van der Waals surface area contributed by atoms with Gasteiger partial charge >= 0.3 is 6.18 Å². The normalized spacial score (nSPS) is 15.2. The molecule has 0 bridgehead atoms. The smallest absolute Gasteiger partial charge is 0.355 e. The van der Waals surface area contributed by atoms with E-state index in [0.29, 0.717) is 49.2 Å². The minimum absolute atomic E-state index is 0.209. The van der Waals surface area contributed by atoms with Gasteiger partial charge in [-0.25, -0.2) is 9.67 Å². The molecule has 0 spiro atoms. The molecular formula is C23H24F3N5O2. The largest absolute Gasteiger partial charge is 0.417 e. The SMILES string of the molecule is CC(C)n1nc(C(=O)N2CCCN(c3ccc(C(F)(F)F)cn3)CC2)c2ccccc2c1=O. The quantitative estimate of drug-likeness (QED) is 0.597. The standard InChI is InChI=1S/C23H24F3N5O2/c1-15(2)31-21(32)18-7-4-3-6-17(18)20(28-31)22(33)30-11-5-10-29(12-13-30)19-9-8-16(14-27-19)23(24,25)26/h3-4,6-9,14-15H,5,10-13H2,1-2H3. The van der Waals surface area contributed by atoms with Crippen LogP contribution in [0.25, 0.3) is 10.8 Å². The predicted molar refractivity (Wildman–Crippen MR) is 118 cm³/mol. The van der Waals surface area contributed by atoms with Gasteiger partial charge in [-0.1, -0.05) is 18.2 Å². The van der Waals surface area contributed by atoms with Crippen LogP contribution in [-0.4, -0.2) is 51.8 Å². The van der Waals surface area contributed by atoms with Crippen LogP contribution >= 0.6 is 0 Å². The number of alkyl halides is 3. The average molecular weight is 459 g/mol. The van der Waals surface area contributed by atoms with Gasteiger partial charge in [-0.3, -0.25) is 9.59 Å². The van der Waals surface area contributed by atoms with Crippen molar-refractivity contribution >= 4 is 22.5 Å². The summed E-state index contributed by atoms with van der Waals surface area (Å²) in [5.41, 5.74) is -0.816. The Morgan fingerprint density at radius 3 is 2.36 bits per heavy atom. The number of amides is 1. The summed E-state index contributed by atoms with van der Waals surface area (Å²) in [6.45, 7) is 5.47. The lowest BCUT2D eigenvalue weighted by molar-refractivity contribution is -0.137. The van der Waals surface area contributed by atoms with Gasteiger partial charge < -0.3 is 9.80 Å². The second-order valence-corrected chi connectivity index (χ2v) is 8.27. The van der Waals surface area contributed by atoms with Gasteiger partial charge in [0, 0.05) is 37.8 Å². The van der Waals surface area contributed by atoms with E-state index in [-0.39, 0.29) is 23.2 Å². The topological polar surface area (TPSA) is 71.3 Å². The average Bonchev–Trinajstić information content (AvgIpc) is 3.05. The Morgan fingerprint density at radius 1 is 1.00 bits per heavy atom. The molecule has 0 atom stereocenters. The summed E-state index contributed by atoms with van der Waals surface area (Å²) in [6.07, 6.45) is -2.99. The van der Waals surface area contributed by atoms with E-state index in [4.69, 9.17) is 0 Å². The fourth-order valence-corrected chi connectivity index (χ4v) is 3.95. The fraction of sp³-hybridized carbons (Fsp3) is 0.391. The molecule has 1 fully saturated rings. The van der Waals surface area contributed by atoms with Crippen molar-refractivity contribution in [2.75, 3.05) is 31.1 Å². The molecule has 0 aliphatic carbocycles. The molecule has 3 aromatic rings. The van der Waals surface area contributed by atoms with Crippen molar-refractivity contribution < 1.29 is 18.0 Å². The molecule has 0 saturated carbocycles. The van der Waals surface area contributed by atoms with E-state index in [1.807, 2.05) is 18.7 Å². The van der Waals surface area contributed by atoms with Gasteiger partial charge in [0.25, 0.3) is 11.5 Å². The highest BCUT2D eigenvalue weighted by atomic mass is 19.4. The molecule has 3 heterocycles. The summed E-state index contributed by atoms with van der Waals surface area (Å²) >= 11 is 0. The fourth-order valence-electron chi connectivity index (χ4n) is 3.95. The molecule has 1 aliphatic rings. The van der Waals surface area contributed by atoms with Crippen LogP contribution in [0.4, 0.5) is 19.0 Å². The number of halogens is 3. The first-order chi connectivity index (χ1) is 15.7. The molecule has 1 saturated heterocycles. The first-order valence-electron chi connectivity index (χ1n) is 10.8. The minimum atomic E-state index is -4.43. The van der Waals surface area contributed by atoms with Crippen molar-refractivity contribution in [1.82, 2.24) is 19.7 Å². The highest BCUT2D eigenvalue weighted by Gasteiger charge is 2.31. The van der Waals surface area contributed by atoms with Crippen molar-refractivity contribution in [3.05, 3.63) is 64.2 Å². The molecule has 0 unspecified atom stereocenters. The predicted octanol–water partition coefficient (Wildman–Crippen LogP) is 3.74. The van der Waals surface area contributed by atoms with Crippen LogP contribution in [0.2, 0.25) is 0 Å². The molecule has 1 amide bonds. The zero-order valence-corrected chi connectivity index (χ0v) is 18.3. The molecular weight excluding hydrogens is 435 g/mol. The van der Waals surface area contributed by atoms with Crippen LogP contribution in [-0.2, 0) is 6.18 Å². The van der Waals surface area contributed by atoms with Gasteiger partial charge in [-0.2, -0.15) is 18.3 Å². The number of hydrogen-bond donors (Lipinski definition) is 0. The highest BCUT2D eigenvalue weighted by Crippen LogP contribution is 2.29. The first-order valence-corrected chi connectivity index (χ1v) is 10.8. The van der Waals surface area contributed by atoms with Crippen molar-refractivity contribution in [3.63, 3.8) is 0 Å². The lowest BCUT2D eigenvalue weighted by Gasteiger charge is -2.23. The van der Waals surface area contributed by atoms with Crippen molar-refractivity contribution in [1.29, 1.82) is 0 Å². The van der Waals surface area contributed by atoms with E-state index >= 15 is 0 Å². The molecule has 4 rings (SSSR count). The van der Waals surface area contributed by atoms with Crippen molar-refractivity contribution in [2.24, 2.45) is 0 Å². The summed E-state index contributed by atoms with van der Waals surface area (Å²) in [5.74, 6) is 0.164. The molecule has 1 aliphatic heterocycles.